The highest BCUT2D eigenvalue weighted by Crippen LogP contribution is 2.20. The van der Waals surface area contributed by atoms with Gasteiger partial charge < -0.3 is 10.5 Å². The predicted molar refractivity (Wildman–Crippen MR) is 80.4 cm³/mol. The summed E-state index contributed by atoms with van der Waals surface area (Å²) in [5.41, 5.74) is 8.19. The summed E-state index contributed by atoms with van der Waals surface area (Å²) in [5, 5.41) is 1.02. The topological polar surface area (TPSA) is 48.1 Å². The van der Waals surface area contributed by atoms with E-state index in [4.69, 9.17) is 10.5 Å². The first-order valence-corrected chi connectivity index (χ1v) is 6.71. The van der Waals surface area contributed by atoms with Crippen LogP contribution in [0.4, 0.5) is 4.39 Å². The molecule has 1 heterocycles. The minimum Gasteiger partial charge on any atom is -0.487 e. The number of rotatable bonds is 4. The van der Waals surface area contributed by atoms with E-state index in [0.29, 0.717) is 12.4 Å². The molecule has 106 valence electrons. The standard InChI is InChI=1S/C17H15FN2O/c18-15-6-5-13(14(7-15)9-19)11-21-16-8-12-3-1-2-4-17(12)20-10-16/h1-8,10H,9,11,19H2. The number of aromatic nitrogens is 1. The number of para-hydroxylation sites is 1. The third-order valence-electron chi connectivity index (χ3n) is 3.35. The lowest BCUT2D eigenvalue weighted by Gasteiger charge is -2.10. The summed E-state index contributed by atoms with van der Waals surface area (Å²) in [6, 6.07) is 14.3. The number of fused-ring (bicyclic) bond motifs is 1. The fraction of sp³-hybridized carbons (Fsp3) is 0.118. The molecule has 0 spiro atoms. The Morgan fingerprint density at radius 1 is 1.05 bits per heavy atom. The Bertz CT molecular complexity index is 774. The monoisotopic (exact) mass is 282 g/mol. The van der Waals surface area contributed by atoms with Crippen LogP contribution in [0, 0.1) is 5.82 Å². The third kappa shape index (κ3) is 3.01. The van der Waals surface area contributed by atoms with Crippen LogP contribution in [0.15, 0.2) is 54.7 Å². The Hall–Kier alpha value is -2.46. The van der Waals surface area contributed by atoms with Crippen LogP contribution in [0.25, 0.3) is 10.9 Å². The van der Waals surface area contributed by atoms with Crippen LogP contribution in [0.2, 0.25) is 0 Å². The van der Waals surface area contributed by atoms with Crippen LogP contribution in [0.5, 0.6) is 5.75 Å². The summed E-state index contributed by atoms with van der Waals surface area (Å²) in [4.78, 5) is 4.34. The zero-order chi connectivity index (χ0) is 14.7. The molecule has 3 nitrogen and oxygen atoms in total. The molecule has 0 aliphatic rings. The molecule has 0 fully saturated rings. The van der Waals surface area contributed by atoms with E-state index in [1.54, 1.807) is 12.3 Å². The number of pyridine rings is 1. The molecule has 0 unspecified atom stereocenters. The molecule has 21 heavy (non-hydrogen) atoms. The normalized spacial score (nSPS) is 10.8. The van der Waals surface area contributed by atoms with Crippen molar-refractivity contribution in [2.45, 2.75) is 13.2 Å². The molecule has 0 bridgehead atoms. The highest BCUT2D eigenvalue weighted by Gasteiger charge is 2.05. The SMILES string of the molecule is NCc1cc(F)ccc1COc1cnc2ccccc2c1. The van der Waals surface area contributed by atoms with E-state index in [1.165, 1.54) is 12.1 Å². The van der Waals surface area contributed by atoms with Crippen molar-refractivity contribution in [3.8, 4) is 5.75 Å². The van der Waals surface area contributed by atoms with Gasteiger partial charge in [0.15, 0.2) is 0 Å². The summed E-state index contributed by atoms with van der Waals surface area (Å²) in [5.74, 6) is 0.396. The van der Waals surface area contributed by atoms with Crippen molar-refractivity contribution in [1.82, 2.24) is 4.98 Å². The van der Waals surface area contributed by atoms with Crippen molar-refractivity contribution in [2.24, 2.45) is 5.73 Å². The molecular weight excluding hydrogens is 267 g/mol. The van der Waals surface area contributed by atoms with Crippen LogP contribution in [-0.2, 0) is 13.2 Å². The lowest BCUT2D eigenvalue weighted by molar-refractivity contribution is 0.304. The molecule has 2 aromatic carbocycles. The van der Waals surface area contributed by atoms with Gasteiger partial charge in [0.2, 0.25) is 0 Å². The maximum Gasteiger partial charge on any atom is 0.138 e. The van der Waals surface area contributed by atoms with Crippen molar-refractivity contribution in [1.29, 1.82) is 0 Å². The first kappa shape index (κ1) is 13.5. The first-order chi connectivity index (χ1) is 10.3. The van der Waals surface area contributed by atoms with Crippen molar-refractivity contribution < 1.29 is 9.13 Å². The zero-order valence-corrected chi connectivity index (χ0v) is 11.4. The van der Waals surface area contributed by atoms with Gasteiger partial charge in [-0.3, -0.25) is 4.98 Å². The Balaban J connectivity index is 1.80. The average molecular weight is 282 g/mol. The second kappa shape index (κ2) is 5.89. The fourth-order valence-electron chi connectivity index (χ4n) is 2.22. The number of nitrogens with two attached hydrogens (primary N) is 1. The highest BCUT2D eigenvalue weighted by atomic mass is 19.1. The maximum absolute atomic E-state index is 13.2. The smallest absolute Gasteiger partial charge is 0.138 e. The van der Waals surface area contributed by atoms with Gasteiger partial charge in [-0.05, 0) is 35.4 Å². The van der Waals surface area contributed by atoms with Gasteiger partial charge in [0.1, 0.15) is 18.2 Å². The molecule has 0 radical (unpaired) electrons. The highest BCUT2D eigenvalue weighted by molar-refractivity contribution is 5.79. The summed E-state index contributed by atoms with van der Waals surface area (Å²) < 4.78 is 18.9. The molecule has 0 aliphatic carbocycles. The molecule has 2 N–H and O–H groups in total. The van der Waals surface area contributed by atoms with Crippen LogP contribution in [0.3, 0.4) is 0 Å². The lowest BCUT2D eigenvalue weighted by atomic mass is 10.1. The van der Waals surface area contributed by atoms with Gasteiger partial charge in [-0.1, -0.05) is 24.3 Å². The Labute approximate surface area is 122 Å². The third-order valence-corrected chi connectivity index (χ3v) is 3.35. The van der Waals surface area contributed by atoms with Crippen LogP contribution in [-0.4, -0.2) is 4.98 Å². The van der Waals surface area contributed by atoms with Gasteiger partial charge >= 0.3 is 0 Å². The number of benzene rings is 2. The summed E-state index contributed by atoms with van der Waals surface area (Å²) in [6.45, 7) is 0.624. The number of nitrogens with zero attached hydrogens (tertiary/aromatic N) is 1. The minimum absolute atomic E-state index is 0.284. The molecule has 0 amide bonds. The molecule has 4 heteroatoms. The molecule has 3 aromatic rings. The quantitative estimate of drug-likeness (QED) is 0.797. The number of halogens is 1. The van der Waals surface area contributed by atoms with Crippen LogP contribution >= 0.6 is 0 Å². The first-order valence-electron chi connectivity index (χ1n) is 6.71. The van der Waals surface area contributed by atoms with E-state index in [-0.39, 0.29) is 12.4 Å². The number of hydrogen-bond acceptors (Lipinski definition) is 3. The minimum atomic E-state index is -0.286. The second-order valence-corrected chi connectivity index (χ2v) is 4.77. The Kier molecular flexibility index (Phi) is 3.79. The summed E-state index contributed by atoms with van der Waals surface area (Å²) in [6.07, 6.45) is 1.69. The van der Waals surface area contributed by atoms with Gasteiger partial charge in [-0.2, -0.15) is 0 Å². The number of hydrogen-bond donors (Lipinski definition) is 1. The van der Waals surface area contributed by atoms with Crippen molar-refractivity contribution in [3.05, 3.63) is 71.7 Å². The maximum atomic E-state index is 13.2. The number of ether oxygens (including phenoxy) is 1. The van der Waals surface area contributed by atoms with E-state index >= 15 is 0 Å². The predicted octanol–water partition coefficient (Wildman–Crippen LogP) is 3.41. The van der Waals surface area contributed by atoms with Crippen LogP contribution < -0.4 is 10.5 Å². The van der Waals surface area contributed by atoms with Gasteiger partial charge in [-0.15, -0.1) is 0 Å². The van der Waals surface area contributed by atoms with E-state index in [2.05, 4.69) is 4.98 Å². The molecule has 0 aliphatic heterocycles. The van der Waals surface area contributed by atoms with E-state index < -0.39 is 0 Å². The molecule has 3 rings (SSSR count). The molecule has 0 saturated heterocycles. The van der Waals surface area contributed by atoms with Crippen molar-refractivity contribution in [2.75, 3.05) is 0 Å². The van der Waals surface area contributed by atoms with Gasteiger partial charge in [0, 0.05) is 11.9 Å². The summed E-state index contributed by atoms with van der Waals surface area (Å²) in [7, 11) is 0. The van der Waals surface area contributed by atoms with Gasteiger partial charge in [0.05, 0.1) is 11.7 Å². The Morgan fingerprint density at radius 2 is 1.90 bits per heavy atom. The molecule has 0 atom stereocenters. The van der Waals surface area contributed by atoms with E-state index in [0.717, 1.165) is 22.0 Å². The summed E-state index contributed by atoms with van der Waals surface area (Å²) >= 11 is 0. The molecule has 1 aromatic heterocycles. The van der Waals surface area contributed by atoms with Crippen molar-refractivity contribution >= 4 is 10.9 Å². The largest absolute Gasteiger partial charge is 0.487 e. The zero-order valence-electron chi connectivity index (χ0n) is 11.4. The lowest BCUT2D eigenvalue weighted by Crippen LogP contribution is -2.05. The van der Waals surface area contributed by atoms with Crippen molar-refractivity contribution in [3.63, 3.8) is 0 Å². The molecule has 0 saturated carbocycles. The van der Waals surface area contributed by atoms with Gasteiger partial charge in [0.25, 0.3) is 0 Å². The molecular formula is C17H15FN2O. The van der Waals surface area contributed by atoms with E-state index in [9.17, 15) is 4.39 Å². The average Bonchev–Trinajstić information content (AvgIpc) is 2.53. The van der Waals surface area contributed by atoms with E-state index in [1.807, 2.05) is 30.3 Å². The van der Waals surface area contributed by atoms with Crippen LogP contribution in [0.1, 0.15) is 11.1 Å². The van der Waals surface area contributed by atoms with Gasteiger partial charge in [-0.25, -0.2) is 4.39 Å². The second-order valence-electron chi connectivity index (χ2n) is 4.77. The Morgan fingerprint density at radius 3 is 2.76 bits per heavy atom. The fourth-order valence-corrected chi connectivity index (χ4v) is 2.22.